The first kappa shape index (κ1) is 25.1. The second kappa shape index (κ2) is 12.0. The molecule has 2 amide bonds. The molecule has 0 aliphatic rings. The molecule has 2 aromatic carbocycles. The molecule has 0 fully saturated rings. The molecular weight excluding hydrogens is 500 g/mol. The van der Waals surface area contributed by atoms with Crippen molar-refractivity contribution >= 4 is 44.2 Å². The molecule has 0 saturated carbocycles. The van der Waals surface area contributed by atoms with E-state index in [2.05, 4.69) is 43.7 Å². The predicted molar refractivity (Wildman–Crippen MR) is 137 cm³/mol. The number of carbonyl (C=O) groups is 2. The van der Waals surface area contributed by atoms with E-state index >= 15 is 0 Å². The summed E-state index contributed by atoms with van der Waals surface area (Å²) in [6.07, 6.45) is 4.00. The Morgan fingerprint density at radius 3 is 2.52 bits per heavy atom. The highest BCUT2D eigenvalue weighted by Crippen LogP contribution is 2.28. The van der Waals surface area contributed by atoms with Gasteiger partial charge in [0, 0.05) is 15.6 Å². The number of benzene rings is 2. The standard InChI is InChI=1S/C25H29BrN4O2S/c1-4-6-8-17-11-13-18(14-12-17)22(31)27-21(16(3)5-2)23(32)28-25-30-29-24(33-25)19-9-7-10-20(26)15-19/h7,9-16,21H,4-6,8H2,1-3H3,(H,27,31)(H,28,30,32)/t16-,21+/m0/s1. The van der Waals surface area contributed by atoms with Gasteiger partial charge in [0.2, 0.25) is 11.0 Å². The summed E-state index contributed by atoms with van der Waals surface area (Å²) in [5.41, 5.74) is 2.67. The van der Waals surface area contributed by atoms with Crippen LogP contribution in [-0.2, 0) is 11.2 Å². The minimum atomic E-state index is -0.680. The first-order valence-corrected chi connectivity index (χ1v) is 12.8. The molecule has 174 valence electrons. The van der Waals surface area contributed by atoms with E-state index < -0.39 is 6.04 Å². The number of aryl methyl sites for hydroxylation is 1. The molecule has 8 heteroatoms. The third-order valence-corrected chi connectivity index (χ3v) is 6.92. The van der Waals surface area contributed by atoms with Gasteiger partial charge in [0.25, 0.3) is 5.91 Å². The van der Waals surface area contributed by atoms with Crippen molar-refractivity contribution in [3.63, 3.8) is 0 Å². The Hall–Kier alpha value is -2.58. The van der Waals surface area contributed by atoms with Crippen molar-refractivity contribution < 1.29 is 9.59 Å². The van der Waals surface area contributed by atoms with Crippen molar-refractivity contribution in [1.82, 2.24) is 15.5 Å². The van der Waals surface area contributed by atoms with Crippen LogP contribution in [0.15, 0.2) is 53.0 Å². The second-order valence-corrected chi connectivity index (χ2v) is 9.94. The van der Waals surface area contributed by atoms with Gasteiger partial charge in [-0.25, -0.2) is 0 Å². The van der Waals surface area contributed by atoms with Gasteiger partial charge in [-0.15, -0.1) is 10.2 Å². The van der Waals surface area contributed by atoms with Crippen LogP contribution in [0.5, 0.6) is 0 Å². The Morgan fingerprint density at radius 1 is 1.09 bits per heavy atom. The van der Waals surface area contributed by atoms with Gasteiger partial charge in [-0.05, 0) is 48.6 Å². The van der Waals surface area contributed by atoms with Crippen molar-refractivity contribution in [3.8, 4) is 10.6 Å². The van der Waals surface area contributed by atoms with E-state index in [1.807, 2.05) is 62.4 Å². The van der Waals surface area contributed by atoms with Crippen LogP contribution in [-0.4, -0.2) is 28.1 Å². The lowest BCUT2D eigenvalue weighted by Gasteiger charge is -2.23. The van der Waals surface area contributed by atoms with Gasteiger partial charge in [-0.3, -0.25) is 14.9 Å². The molecule has 6 nitrogen and oxygen atoms in total. The van der Waals surface area contributed by atoms with Crippen LogP contribution in [0, 0.1) is 5.92 Å². The maximum Gasteiger partial charge on any atom is 0.251 e. The summed E-state index contributed by atoms with van der Waals surface area (Å²) < 4.78 is 0.943. The van der Waals surface area contributed by atoms with Crippen LogP contribution in [0.1, 0.15) is 56.0 Å². The van der Waals surface area contributed by atoms with Crippen molar-refractivity contribution in [2.45, 2.75) is 52.5 Å². The number of halogens is 1. The Bertz CT molecular complexity index is 1080. The van der Waals surface area contributed by atoms with Gasteiger partial charge in [0.15, 0.2) is 0 Å². The third-order valence-electron chi connectivity index (χ3n) is 5.54. The highest BCUT2D eigenvalue weighted by atomic mass is 79.9. The van der Waals surface area contributed by atoms with Crippen molar-refractivity contribution in [2.24, 2.45) is 5.92 Å². The van der Waals surface area contributed by atoms with E-state index in [0.29, 0.717) is 15.7 Å². The monoisotopic (exact) mass is 528 g/mol. The zero-order valence-electron chi connectivity index (χ0n) is 19.1. The molecule has 0 saturated heterocycles. The molecule has 0 unspecified atom stereocenters. The van der Waals surface area contributed by atoms with E-state index in [4.69, 9.17) is 0 Å². The number of anilines is 1. The van der Waals surface area contributed by atoms with Crippen LogP contribution in [0.2, 0.25) is 0 Å². The van der Waals surface area contributed by atoms with Crippen LogP contribution < -0.4 is 10.6 Å². The summed E-state index contributed by atoms with van der Waals surface area (Å²) in [5, 5.41) is 15.1. The van der Waals surface area contributed by atoms with Crippen LogP contribution >= 0.6 is 27.3 Å². The smallest absolute Gasteiger partial charge is 0.251 e. The average molecular weight is 530 g/mol. The summed E-state index contributed by atoms with van der Waals surface area (Å²) in [6.45, 7) is 6.10. The SMILES string of the molecule is CCCCc1ccc(C(=O)N[C@@H](C(=O)Nc2nnc(-c3cccc(Br)c3)s2)[C@@H](C)CC)cc1. The van der Waals surface area contributed by atoms with E-state index in [1.54, 1.807) is 0 Å². The molecule has 33 heavy (non-hydrogen) atoms. The van der Waals surface area contributed by atoms with E-state index in [0.717, 1.165) is 35.7 Å². The van der Waals surface area contributed by atoms with Crippen LogP contribution in [0.3, 0.4) is 0 Å². The minimum Gasteiger partial charge on any atom is -0.340 e. The molecule has 0 bridgehead atoms. The number of amides is 2. The van der Waals surface area contributed by atoms with Gasteiger partial charge >= 0.3 is 0 Å². The molecule has 2 N–H and O–H groups in total. The summed E-state index contributed by atoms with van der Waals surface area (Å²) >= 11 is 4.75. The number of nitrogens with zero attached hydrogens (tertiary/aromatic N) is 2. The fourth-order valence-electron chi connectivity index (χ4n) is 3.33. The summed E-state index contributed by atoms with van der Waals surface area (Å²) in [4.78, 5) is 25.9. The van der Waals surface area contributed by atoms with Crippen LogP contribution in [0.25, 0.3) is 10.6 Å². The average Bonchev–Trinajstić information content (AvgIpc) is 3.29. The number of carbonyl (C=O) groups excluding carboxylic acids is 2. The highest BCUT2D eigenvalue weighted by molar-refractivity contribution is 9.10. The minimum absolute atomic E-state index is 0.0461. The van der Waals surface area contributed by atoms with Crippen LogP contribution in [0.4, 0.5) is 5.13 Å². The third kappa shape index (κ3) is 6.95. The summed E-state index contributed by atoms with van der Waals surface area (Å²) in [7, 11) is 0. The highest BCUT2D eigenvalue weighted by Gasteiger charge is 2.27. The molecule has 2 atom stereocenters. The molecule has 0 spiro atoms. The Morgan fingerprint density at radius 2 is 1.85 bits per heavy atom. The number of hydrogen-bond acceptors (Lipinski definition) is 5. The molecule has 0 aliphatic heterocycles. The largest absolute Gasteiger partial charge is 0.340 e. The van der Waals surface area contributed by atoms with Gasteiger partial charge < -0.3 is 5.32 Å². The number of nitrogens with one attached hydrogen (secondary N) is 2. The van der Waals surface area contributed by atoms with E-state index in [9.17, 15) is 9.59 Å². The lowest BCUT2D eigenvalue weighted by atomic mass is 9.97. The predicted octanol–water partition coefficient (Wildman–Crippen LogP) is 6.09. The molecule has 1 heterocycles. The zero-order valence-corrected chi connectivity index (χ0v) is 21.5. The number of aromatic nitrogens is 2. The summed E-state index contributed by atoms with van der Waals surface area (Å²) in [6, 6.07) is 14.7. The lowest BCUT2D eigenvalue weighted by molar-refractivity contribution is -0.119. The Kier molecular flexibility index (Phi) is 9.14. The molecule has 1 aromatic heterocycles. The first-order valence-electron chi connectivity index (χ1n) is 11.2. The fraction of sp³-hybridized carbons (Fsp3) is 0.360. The maximum absolute atomic E-state index is 13.1. The summed E-state index contributed by atoms with van der Waals surface area (Å²) in [5.74, 6) is -0.603. The Balaban J connectivity index is 1.68. The number of rotatable bonds is 10. The van der Waals surface area contributed by atoms with E-state index in [1.165, 1.54) is 16.9 Å². The van der Waals surface area contributed by atoms with Crippen molar-refractivity contribution in [3.05, 3.63) is 64.1 Å². The zero-order chi connectivity index (χ0) is 23.8. The topological polar surface area (TPSA) is 84.0 Å². The van der Waals surface area contributed by atoms with Crippen molar-refractivity contribution in [2.75, 3.05) is 5.32 Å². The maximum atomic E-state index is 13.1. The van der Waals surface area contributed by atoms with Gasteiger partial charge in [0.05, 0.1) is 0 Å². The molecule has 3 aromatic rings. The first-order chi connectivity index (χ1) is 15.9. The van der Waals surface area contributed by atoms with E-state index in [-0.39, 0.29) is 17.7 Å². The molecular formula is C25H29BrN4O2S. The van der Waals surface area contributed by atoms with Crippen molar-refractivity contribution in [1.29, 1.82) is 0 Å². The lowest BCUT2D eigenvalue weighted by Crippen LogP contribution is -2.47. The normalized spacial score (nSPS) is 12.7. The van der Waals surface area contributed by atoms with Gasteiger partial charge in [0.1, 0.15) is 11.0 Å². The number of unbranched alkanes of at least 4 members (excludes halogenated alkanes) is 1. The van der Waals surface area contributed by atoms with Gasteiger partial charge in [-0.1, -0.05) is 85.1 Å². The fourth-order valence-corrected chi connectivity index (χ4v) is 4.47. The Labute approximate surface area is 207 Å². The second-order valence-electron chi connectivity index (χ2n) is 8.05. The van der Waals surface area contributed by atoms with Gasteiger partial charge in [-0.2, -0.15) is 0 Å². The molecule has 3 rings (SSSR count). The molecule has 0 aliphatic carbocycles. The number of hydrogen-bond donors (Lipinski definition) is 2. The quantitative estimate of drug-likeness (QED) is 0.333. The molecule has 0 radical (unpaired) electrons.